The van der Waals surface area contributed by atoms with Crippen LogP contribution in [0.25, 0.3) is 0 Å². The Balaban J connectivity index is 1.76. The molecule has 136 valence electrons. The van der Waals surface area contributed by atoms with E-state index in [1.54, 1.807) is 0 Å². The highest BCUT2D eigenvalue weighted by molar-refractivity contribution is 5.84. The number of hydrogen-bond acceptors (Lipinski definition) is 2. The van der Waals surface area contributed by atoms with E-state index in [4.69, 9.17) is 0 Å². The van der Waals surface area contributed by atoms with Crippen LogP contribution in [-0.4, -0.2) is 36.4 Å². The van der Waals surface area contributed by atoms with Crippen molar-refractivity contribution >= 4 is 12.0 Å². The van der Waals surface area contributed by atoms with Crippen molar-refractivity contribution in [1.82, 2.24) is 0 Å². The molecule has 0 saturated carbocycles. The summed E-state index contributed by atoms with van der Waals surface area (Å²) in [4.78, 5) is 12.2. The predicted octanol–water partition coefficient (Wildman–Crippen LogP) is 4.17. The Hall–Kier alpha value is -1.87. The zero-order valence-electron chi connectivity index (χ0n) is 15.9. The van der Waals surface area contributed by atoms with Crippen LogP contribution < -0.4 is 5.32 Å². The second-order valence-corrected chi connectivity index (χ2v) is 8.69. The van der Waals surface area contributed by atoms with Crippen molar-refractivity contribution in [3.8, 4) is 0 Å². The van der Waals surface area contributed by atoms with Crippen LogP contribution in [0.1, 0.15) is 45.1 Å². The van der Waals surface area contributed by atoms with Gasteiger partial charge in [-0.1, -0.05) is 37.6 Å². The molecule has 1 N–H and O–H groups in total. The predicted molar refractivity (Wildman–Crippen MR) is 105 cm³/mol. The van der Waals surface area contributed by atoms with Crippen LogP contribution in [0.2, 0.25) is 0 Å². The number of anilines is 1. The Morgan fingerprint density at radius 1 is 1.35 bits per heavy atom. The molecule has 3 heterocycles. The van der Waals surface area contributed by atoms with Gasteiger partial charge in [-0.2, -0.15) is 0 Å². The normalized spacial score (nSPS) is 38.2. The maximum absolute atomic E-state index is 12.2. The molecular formula is C23H29N2O+. The highest BCUT2D eigenvalue weighted by Gasteiger charge is 2.68. The van der Waals surface area contributed by atoms with Crippen LogP contribution in [-0.2, 0) is 10.2 Å². The van der Waals surface area contributed by atoms with Gasteiger partial charge in [-0.15, -0.1) is 0 Å². The fraction of sp³-hybridized carbons (Fsp3) is 0.522. The molecule has 1 aromatic carbocycles. The standard InChI is InChI=1S/C23H28N2O/c1-3-5-11-25-12-10-23-19-8-6-7-9-20(19)24-22(23)18(15-26)17(13-21(23)25)16(4-2)14-25/h4,6-9,15,17,21H,3,5,10-14H2,1-2H3/p+1/b16-4-/t17-,21-,23+,25?/m0/s1. The largest absolute Gasteiger partial charge is 0.357 e. The van der Waals surface area contributed by atoms with Crippen molar-refractivity contribution in [1.29, 1.82) is 0 Å². The fourth-order valence-electron chi connectivity index (χ4n) is 6.70. The molecule has 1 aliphatic carbocycles. The van der Waals surface area contributed by atoms with E-state index in [0.717, 1.165) is 24.8 Å². The van der Waals surface area contributed by atoms with Crippen LogP contribution in [0.3, 0.4) is 0 Å². The van der Waals surface area contributed by atoms with Gasteiger partial charge >= 0.3 is 0 Å². The van der Waals surface area contributed by atoms with Crippen LogP contribution in [0, 0.1) is 5.92 Å². The molecule has 1 spiro atoms. The van der Waals surface area contributed by atoms with Gasteiger partial charge in [-0.05, 0) is 30.5 Å². The molecular weight excluding hydrogens is 320 g/mol. The number of para-hydroxylation sites is 1. The highest BCUT2D eigenvalue weighted by atomic mass is 16.1. The summed E-state index contributed by atoms with van der Waals surface area (Å²) in [6, 6.07) is 9.39. The first-order chi connectivity index (χ1) is 12.7. The smallest absolute Gasteiger partial charge is 0.148 e. The van der Waals surface area contributed by atoms with E-state index in [1.807, 2.05) is 0 Å². The summed E-state index contributed by atoms with van der Waals surface area (Å²) >= 11 is 0. The van der Waals surface area contributed by atoms with Crippen molar-refractivity contribution in [2.75, 3.05) is 25.0 Å². The Morgan fingerprint density at radius 3 is 2.96 bits per heavy atom. The second kappa shape index (κ2) is 5.56. The molecule has 0 aromatic heterocycles. The Kier molecular flexibility index (Phi) is 3.49. The van der Waals surface area contributed by atoms with Gasteiger partial charge in [0.25, 0.3) is 0 Å². The van der Waals surface area contributed by atoms with Gasteiger partial charge in [-0.3, -0.25) is 4.79 Å². The molecule has 4 aliphatic rings. The molecule has 4 atom stereocenters. The van der Waals surface area contributed by atoms with Gasteiger partial charge in [0, 0.05) is 35.7 Å². The lowest BCUT2D eigenvalue weighted by molar-refractivity contribution is -0.941. The topological polar surface area (TPSA) is 29.1 Å². The number of allylic oxidation sites excluding steroid dienone is 2. The minimum atomic E-state index is 0.0380. The molecule has 3 heteroatoms. The molecule has 0 radical (unpaired) electrons. The Morgan fingerprint density at radius 2 is 2.19 bits per heavy atom. The Labute approximate surface area is 156 Å². The lowest BCUT2D eigenvalue weighted by atomic mass is 9.61. The number of aldehydes is 1. The van der Waals surface area contributed by atoms with Crippen molar-refractivity contribution in [2.24, 2.45) is 5.92 Å². The third kappa shape index (κ3) is 1.80. The lowest BCUT2D eigenvalue weighted by Gasteiger charge is -2.53. The van der Waals surface area contributed by atoms with Crippen molar-refractivity contribution in [2.45, 2.75) is 51.0 Å². The van der Waals surface area contributed by atoms with Gasteiger partial charge in [0.2, 0.25) is 0 Å². The van der Waals surface area contributed by atoms with Crippen LogP contribution in [0.4, 0.5) is 5.69 Å². The average Bonchev–Trinajstić information content (AvgIpc) is 3.20. The molecule has 1 unspecified atom stereocenters. The number of hydrogen-bond donors (Lipinski definition) is 1. The van der Waals surface area contributed by atoms with E-state index < -0.39 is 0 Å². The first-order valence-corrected chi connectivity index (χ1v) is 10.3. The van der Waals surface area contributed by atoms with Crippen LogP contribution >= 0.6 is 0 Å². The lowest BCUT2D eigenvalue weighted by Crippen LogP contribution is -2.63. The molecule has 3 aliphatic heterocycles. The third-order valence-corrected chi connectivity index (χ3v) is 7.82. The maximum Gasteiger partial charge on any atom is 0.148 e. The summed E-state index contributed by atoms with van der Waals surface area (Å²) < 4.78 is 1.23. The number of nitrogens with zero attached hydrogens (tertiary/aromatic N) is 1. The summed E-state index contributed by atoms with van der Waals surface area (Å²) in [5, 5.41) is 3.71. The maximum atomic E-state index is 12.2. The fourth-order valence-corrected chi connectivity index (χ4v) is 6.70. The summed E-state index contributed by atoms with van der Waals surface area (Å²) in [7, 11) is 0. The summed E-state index contributed by atoms with van der Waals surface area (Å²) in [6.07, 6.45) is 8.31. The van der Waals surface area contributed by atoms with E-state index in [2.05, 4.69) is 49.5 Å². The Bertz CT molecular complexity index is 838. The monoisotopic (exact) mass is 349 g/mol. The third-order valence-electron chi connectivity index (χ3n) is 7.82. The van der Waals surface area contributed by atoms with Gasteiger partial charge in [0.15, 0.2) is 0 Å². The molecule has 3 nitrogen and oxygen atoms in total. The average molecular weight is 349 g/mol. The molecule has 1 aromatic rings. The van der Waals surface area contributed by atoms with Gasteiger partial charge in [0.1, 0.15) is 18.9 Å². The quantitative estimate of drug-likeness (QED) is 0.502. The molecule has 0 amide bonds. The zero-order valence-corrected chi connectivity index (χ0v) is 15.9. The van der Waals surface area contributed by atoms with E-state index >= 15 is 0 Å². The van der Waals surface area contributed by atoms with E-state index in [0.29, 0.717) is 12.0 Å². The van der Waals surface area contributed by atoms with Crippen molar-refractivity contribution in [3.05, 3.63) is 52.7 Å². The number of carbonyl (C=O) groups excluding carboxylic acids is 1. The number of piperidine rings is 1. The number of benzene rings is 1. The first kappa shape index (κ1) is 16.3. The number of quaternary nitrogens is 1. The highest BCUT2D eigenvalue weighted by Crippen LogP contribution is 2.63. The number of rotatable bonds is 4. The number of fused-ring (bicyclic) bond motifs is 2. The zero-order chi connectivity index (χ0) is 17.9. The van der Waals surface area contributed by atoms with Crippen LogP contribution in [0.15, 0.2) is 47.2 Å². The number of carbonyl (C=O) groups is 1. The second-order valence-electron chi connectivity index (χ2n) is 8.69. The summed E-state index contributed by atoms with van der Waals surface area (Å²) in [5.41, 5.74) is 6.47. The van der Waals surface area contributed by atoms with E-state index in [1.165, 1.54) is 59.4 Å². The van der Waals surface area contributed by atoms with Crippen molar-refractivity contribution < 1.29 is 9.28 Å². The van der Waals surface area contributed by atoms with Gasteiger partial charge < -0.3 is 9.80 Å². The summed E-state index contributed by atoms with van der Waals surface area (Å²) in [6.45, 7) is 8.12. The first-order valence-electron chi connectivity index (χ1n) is 10.3. The summed E-state index contributed by atoms with van der Waals surface area (Å²) in [5.74, 6) is 0.318. The van der Waals surface area contributed by atoms with Gasteiger partial charge in [0.05, 0.1) is 18.5 Å². The molecule has 26 heavy (non-hydrogen) atoms. The number of nitrogens with one attached hydrogen (secondary N) is 1. The molecule has 2 bridgehead atoms. The molecule has 5 rings (SSSR count). The van der Waals surface area contributed by atoms with Crippen LogP contribution in [0.5, 0.6) is 0 Å². The van der Waals surface area contributed by atoms with Gasteiger partial charge in [-0.25, -0.2) is 0 Å². The SMILES string of the molecule is C/C=C1/C[N+]2(CCCC)CC[C@]34C(=C(C=O)[C@H]1C[C@@H]32)Nc1ccccc14. The number of unbranched alkanes of at least 4 members (excludes halogenated alkanes) is 1. The van der Waals surface area contributed by atoms with E-state index in [9.17, 15) is 4.79 Å². The molecule has 2 saturated heterocycles. The minimum Gasteiger partial charge on any atom is -0.357 e. The van der Waals surface area contributed by atoms with Crippen molar-refractivity contribution in [3.63, 3.8) is 0 Å². The minimum absolute atomic E-state index is 0.0380. The van der Waals surface area contributed by atoms with E-state index in [-0.39, 0.29) is 5.41 Å². The molecule has 2 fully saturated rings.